The van der Waals surface area contributed by atoms with Crippen molar-refractivity contribution in [2.24, 2.45) is 0 Å². The summed E-state index contributed by atoms with van der Waals surface area (Å²) < 4.78 is 4.64. The number of benzene rings is 1. The Kier molecular flexibility index (Phi) is 4.73. The fourth-order valence-corrected chi connectivity index (χ4v) is 1.87. The van der Waals surface area contributed by atoms with Gasteiger partial charge in [-0.3, -0.25) is 5.32 Å². The van der Waals surface area contributed by atoms with Crippen molar-refractivity contribution < 1.29 is 9.32 Å². The Bertz CT molecular complexity index is 554. The summed E-state index contributed by atoms with van der Waals surface area (Å²) in [4.78, 5) is 11.8. The molecule has 1 heterocycles. The second kappa shape index (κ2) is 6.72. The fourth-order valence-electron chi connectivity index (χ4n) is 1.87. The van der Waals surface area contributed by atoms with Gasteiger partial charge >= 0.3 is 6.03 Å². The molecule has 0 aliphatic carbocycles. The van der Waals surface area contributed by atoms with Crippen LogP contribution in [0, 0.1) is 0 Å². The van der Waals surface area contributed by atoms with Gasteiger partial charge in [0.25, 0.3) is 0 Å². The molecular weight excluding hydrogens is 256 g/mol. The quantitative estimate of drug-likeness (QED) is 0.783. The third-order valence-corrected chi connectivity index (χ3v) is 2.83. The van der Waals surface area contributed by atoms with E-state index in [1.807, 2.05) is 24.3 Å². The molecule has 1 aromatic heterocycles. The third kappa shape index (κ3) is 3.83. The van der Waals surface area contributed by atoms with Gasteiger partial charge in [-0.25, -0.2) is 4.79 Å². The van der Waals surface area contributed by atoms with E-state index >= 15 is 0 Å². The summed E-state index contributed by atoms with van der Waals surface area (Å²) in [6.07, 6.45) is 1.40. The van der Waals surface area contributed by atoms with Gasteiger partial charge in [-0.1, -0.05) is 24.2 Å². The van der Waals surface area contributed by atoms with Crippen LogP contribution in [0.5, 0.6) is 0 Å². The number of carbonyl (C=O) groups is 1. The van der Waals surface area contributed by atoms with Crippen LogP contribution in [0.25, 0.3) is 0 Å². The summed E-state index contributed by atoms with van der Waals surface area (Å²) >= 11 is 0. The van der Waals surface area contributed by atoms with E-state index in [0.29, 0.717) is 5.82 Å². The van der Waals surface area contributed by atoms with Crippen molar-refractivity contribution in [3.8, 4) is 0 Å². The zero-order valence-corrected chi connectivity index (χ0v) is 11.5. The Morgan fingerprint density at radius 3 is 2.90 bits per heavy atom. The van der Waals surface area contributed by atoms with E-state index in [4.69, 9.17) is 0 Å². The maximum atomic E-state index is 11.8. The number of rotatable bonds is 5. The van der Waals surface area contributed by atoms with Gasteiger partial charge in [0.15, 0.2) is 5.82 Å². The van der Waals surface area contributed by atoms with Crippen LogP contribution < -0.4 is 16.0 Å². The largest absolute Gasteiger partial charge is 0.363 e. The highest BCUT2D eigenvalue weighted by molar-refractivity contribution is 5.99. The number of carbonyl (C=O) groups excluding carboxylic acids is 1. The molecule has 0 spiro atoms. The van der Waals surface area contributed by atoms with Crippen molar-refractivity contribution in [3.05, 3.63) is 42.2 Å². The van der Waals surface area contributed by atoms with Gasteiger partial charge in [-0.05, 0) is 31.2 Å². The first-order valence-electron chi connectivity index (χ1n) is 6.50. The summed E-state index contributed by atoms with van der Waals surface area (Å²) in [6.45, 7) is 5.04. The lowest BCUT2D eigenvalue weighted by molar-refractivity contribution is 0.262. The molecule has 0 saturated heterocycles. The highest BCUT2D eigenvalue weighted by atomic mass is 16.5. The number of nitrogens with one attached hydrogen (secondary N) is 3. The minimum Gasteiger partial charge on any atom is -0.363 e. The number of urea groups is 1. The van der Waals surface area contributed by atoms with Gasteiger partial charge in [0.1, 0.15) is 6.26 Å². The molecule has 1 unspecified atom stereocenters. The highest BCUT2D eigenvalue weighted by Crippen LogP contribution is 2.17. The van der Waals surface area contributed by atoms with E-state index in [0.717, 1.165) is 17.8 Å². The van der Waals surface area contributed by atoms with Crippen molar-refractivity contribution in [3.63, 3.8) is 0 Å². The van der Waals surface area contributed by atoms with Gasteiger partial charge in [0.2, 0.25) is 0 Å². The van der Waals surface area contributed by atoms with Crippen LogP contribution in [0.1, 0.15) is 25.5 Å². The summed E-state index contributed by atoms with van der Waals surface area (Å²) in [5.41, 5.74) is 1.85. The van der Waals surface area contributed by atoms with E-state index in [-0.39, 0.29) is 12.1 Å². The molecule has 0 bridgehead atoms. The molecule has 0 aliphatic heterocycles. The van der Waals surface area contributed by atoms with Crippen LogP contribution in [0.15, 0.2) is 41.1 Å². The molecule has 20 heavy (non-hydrogen) atoms. The number of hydrogen-bond acceptors (Lipinski definition) is 4. The number of aromatic nitrogens is 1. The smallest absolute Gasteiger partial charge is 0.324 e. The van der Waals surface area contributed by atoms with Gasteiger partial charge in [-0.2, -0.15) is 0 Å². The van der Waals surface area contributed by atoms with Crippen molar-refractivity contribution in [1.29, 1.82) is 0 Å². The van der Waals surface area contributed by atoms with Gasteiger partial charge in [0.05, 0.1) is 0 Å². The monoisotopic (exact) mass is 274 g/mol. The lowest BCUT2D eigenvalue weighted by Gasteiger charge is -2.14. The maximum Gasteiger partial charge on any atom is 0.324 e. The SMILES string of the molecule is CCNC(C)c1cccc(NC(=O)Nc2ccon2)c1. The molecule has 0 fully saturated rings. The number of nitrogens with zero attached hydrogens (tertiary/aromatic N) is 1. The van der Waals surface area contributed by atoms with E-state index < -0.39 is 0 Å². The standard InChI is InChI=1S/C14H18N4O2/c1-3-15-10(2)11-5-4-6-12(9-11)16-14(19)17-13-7-8-20-18-13/h4-10,15H,3H2,1-2H3,(H2,16,17,18,19). The second-order valence-corrected chi connectivity index (χ2v) is 4.37. The maximum absolute atomic E-state index is 11.8. The van der Waals surface area contributed by atoms with E-state index in [9.17, 15) is 4.79 Å². The summed E-state index contributed by atoms with van der Waals surface area (Å²) in [5, 5.41) is 12.3. The van der Waals surface area contributed by atoms with E-state index in [1.54, 1.807) is 6.07 Å². The molecule has 0 saturated carbocycles. The molecule has 1 aromatic carbocycles. The van der Waals surface area contributed by atoms with Crippen LogP contribution in [-0.4, -0.2) is 17.7 Å². The molecule has 0 aliphatic rings. The molecule has 106 valence electrons. The van der Waals surface area contributed by atoms with E-state index in [2.05, 4.69) is 39.5 Å². The predicted octanol–water partition coefficient (Wildman–Crippen LogP) is 2.99. The third-order valence-electron chi connectivity index (χ3n) is 2.83. The molecular formula is C14H18N4O2. The zero-order valence-electron chi connectivity index (χ0n) is 11.5. The Hall–Kier alpha value is -2.34. The number of anilines is 2. The molecule has 2 amide bonds. The minimum atomic E-state index is -0.354. The first kappa shape index (κ1) is 14.1. The Balaban J connectivity index is 1.98. The van der Waals surface area contributed by atoms with Crippen molar-refractivity contribution >= 4 is 17.5 Å². The van der Waals surface area contributed by atoms with Crippen molar-refractivity contribution in [2.45, 2.75) is 19.9 Å². The minimum absolute atomic E-state index is 0.236. The van der Waals surface area contributed by atoms with Gasteiger partial charge in [0, 0.05) is 17.8 Å². The summed E-state index contributed by atoms with van der Waals surface area (Å²) in [5.74, 6) is 0.375. The molecule has 2 rings (SSSR count). The zero-order chi connectivity index (χ0) is 14.4. The van der Waals surface area contributed by atoms with Gasteiger partial charge in [-0.15, -0.1) is 0 Å². The molecule has 3 N–H and O–H groups in total. The Morgan fingerprint density at radius 1 is 1.35 bits per heavy atom. The first-order chi connectivity index (χ1) is 9.69. The van der Waals surface area contributed by atoms with Crippen LogP contribution in [0.2, 0.25) is 0 Å². The molecule has 6 nitrogen and oxygen atoms in total. The fraction of sp³-hybridized carbons (Fsp3) is 0.286. The van der Waals surface area contributed by atoms with Crippen LogP contribution in [0.3, 0.4) is 0 Å². The second-order valence-electron chi connectivity index (χ2n) is 4.37. The predicted molar refractivity (Wildman–Crippen MR) is 77.7 cm³/mol. The van der Waals surface area contributed by atoms with Gasteiger partial charge < -0.3 is 15.2 Å². The molecule has 1 atom stereocenters. The van der Waals surface area contributed by atoms with Crippen LogP contribution in [-0.2, 0) is 0 Å². The van der Waals surface area contributed by atoms with Crippen LogP contribution in [0.4, 0.5) is 16.3 Å². The topological polar surface area (TPSA) is 79.2 Å². The molecule has 0 radical (unpaired) electrons. The van der Waals surface area contributed by atoms with Crippen molar-refractivity contribution in [2.75, 3.05) is 17.2 Å². The molecule has 2 aromatic rings. The van der Waals surface area contributed by atoms with Crippen LogP contribution >= 0.6 is 0 Å². The lowest BCUT2D eigenvalue weighted by atomic mass is 10.1. The molecule has 6 heteroatoms. The summed E-state index contributed by atoms with van der Waals surface area (Å²) in [7, 11) is 0. The van der Waals surface area contributed by atoms with E-state index in [1.165, 1.54) is 6.26 Å². The first-order valence-corrected chi connectivity index (χ1v) is 6.50. The Labute approximate surface area is 117 Å². The summed E-state index contributed by atoms with van der Waals surface area (Å²) in [6, 6.07) is 9.17. The average Bonchev–Trinajstić information content (AvgIpc) is 2.92. The van der Waals surface area contributed by atoms with Crippen molar-refractivity contribution in [1.82, 2.24) is 10.5 Å². The number of hydrogen-bond donors (Lipinski definition) is 3. The normalized spacial score (nSPS) is 11.9. The average molecular weight is 274 g/mol. The highest BCUT2D eigenvalue weighted by Gasteiger charge is 2.07. The lowest BCUT2D eigenvalue weighted by Crippen LogP contribution is -2.20. The Morgan fingerprint density at radius 2 is 2.20 bits per heavy atom. The number of amides is 2.